The van der Waals surface area contributed by atoms with Crippen LogP contribution in [0.1, 0.15) is 31.0 Å². The lowest BCUT2D eigenvalue weighted by Gasteiger charge is -2.39. The molecule has 0 spiro atoms. The minimum Gasteiger partial charge on any atom is -0.449 e. The van der Waals surface area contributed by atoms with E-state index in [9.17, 15) is 9.18 Å². The number of benzene rings is 1. The zero-order chi connectivity index (χ0) is 12.6. The standard InChI is InChI=1S/C13H16FNO2/c1-8-4-5-9(14)6-10(8)11-13(2,3)7-17-12(16)15-11/h4-6,11H,7H2,1-3H3,(H,15,16)/t11-/m0/s1. The first-order chi connectivity index (χ1) is 7.90. The minimum atomic E-state index is -0.446. The van der Waals surface area contributed by atoms with Crippen molar-refractivity contribution in [2.24, 2.45) is 5.41 Å². The molecule has 1 aromatic carbocycles. The maximum Gasteiger partial charge on any atom is 0.407 e. The van der Waals surface area contributed by atoms with Crippen molar-refractivity contribution in [1.82, 2.24) is 5.32 Å². The smallest absolute Gasteiger partial charge is 0.407 e. The van der Waals surface area contributed by atoms with Crippen LogP contribution in [-0.4, -0.2) is 12.7 Å². The number of aryl methyl sites for hydroxylation is 1. The summed E-state index contributed by atoms with van der Waals surface area (Å²) in [5.41, 5.74) is 1.52. The molecule has 0 unspecified atom stereocenters. The zero-order valence-electron chi connectivity index (χ0n) is 10.2. The summed E-state index contributed by atoms with van der Waals surface area (Å²) in [6, 6.07) is 4.40. The van der Waals surface area contributed by atoms with Gasteiger partial charge < -0.3 is 10.1 Å². The molecule has 1 amide bonds. The molecule has 0 radical (unpaired) electrons. The number of hydrogen-bond donors (Lipinski definition) is 1. The Bertz CT molecular complexity index is 457. The van der Waals surface area contributed by atoms with Gasteiger partial charge in [-0.05, 0) is 30.2 Å². The predicted octanol–water partition coefficient (Wildman–Crippen LogP) is 2.94. The van der Waals surface area contributed by atoms with Gasteiger partial charge in [0.2, 0.25) is 0 Å². The maximum absolute atomic E-state index is 13.3. The minimum absolute atomic E-state index is 0.223. The molecule has 17 heavy (non-hydrogen) atoms. The number of hydrogen-bond acceptors (Lipinski definition) is 2. The highest BCUT2D eigenvalue weighted by Crippen LogP contribution is 2.37. The van der Waals surface area contributed by atoms with E-state index in [0.29, 0.717) is 6.61 Å². The van der Waals surface area contributed by atoms with Gasteiger partial charge in [0.25, 0.3) is 0 Å². The Kier molecular flexibility index (Phi) is 2.81. The molecule has 2 rings (SSSR count). The summed E-state index contributed by atoms with van der Waals surface area (Å²) in [5, 5.41) is 2.76. The Labute approximate surface area is 100.0 Å². The summed E-state index contributed by atoms with van der Waals surface area (Å²) in [6.45, 7) is 6.22. The number of rotatable bonds is 1. The molecule has 1 aromatic rings. The fraction of sp³-hybridized carbons (Fsp3) is 0.462. The quantitative estimate of drug-likeness (QED) is 0.815. The van der Waals surface area contributed by atoms with Crippen LogP contribution in [0.15, 0.2) is 18.2 Å². The summed E-state index contributed by atoms with van der Waals surface area (Å²) in [4.78, 5) is 11.3. The Morgan fingerprint density at radius 2 is 2.18 bits per heavy atom. The van der Waals surface area contributed by atoms with E-state index in [1.807, 2.05) is 20.8 Å². The monoisotopic (exact) mass is 237 g/mol. The first-order valence-corrected chi connectivity index (χ1v) is 5.59. The second kappa shape index (κ2) is 4.02. The van der Waals surface area contributed by atoms with Crippen LogP contribution < -0.4 is 5.32 Å². The van der Waals surface area contributed by atoms with Gasteiger partial charge in [-0.3, -0.25) is 0 Å². The van der Waals surface area contributed by atoms with Crippen LogP contribution >= 0.6 is 0 Å². The van der Waals surface area contributed by atoms with Gasteiger partial charge in [0.15, 0.2) is 0 Å². The molecule has 3 nitrogen and oxygen atoms in total. The molecule has 1 fully saturated rings. The number of halogens is 1. The molecule has 1 aliphatic rings. The van der Waals surface area contributed by atoms with Gasteiger partial charge in [-0.15, -0.1) is 0 Å². The number of amides is 1. The summed E-state index contributed by atoms with van der Waals surface area (Å²) in [6.07, 6.45) is -0.446. The summed E-state index contributed by atoms with van der Waals surface area (Å²) < 4.78 is 18.3. The van der Waals surface area contributed by atoms with Crippen LogP contribution in [0.5, 0.6) is 0 Å². The van der Waals surface area contributed by atoms with Crippen LogP contribution in [0, 0.1) is 18.2 Å². The molecular formula is C13H16FNO2. The van der Waals surface area contributed by atoms with Crippen molar-refractivity contribution in [1.29, 1.82) is 0 Å². The third-order valence-electron chi connectivity index (χ3n) is 3.17. The van der Waals surface area contributed by atoms with E-state index in [-0.39, 0.29) is 17.3 Å². The molecule has 1 atom stereocenters. The van der Waals surface area contributed by atoms with Gasteiger partial charge in [0.05, 0.1) is 6.04 Å². The van der Waals surface area contributed by atoms with Crippen molar-refractivity contribution < 1.29 is 13.9 Å². The lowest BCUT2D eigenvalue weighted by molar-refractivity contribution is 0.0385. The Balaban J connectivity index is 2.42. The molecule has 4 heteroatoms. The van der Waals surface area contributed by atoms with Crippen molar-refractivity contribution >= 4 is 6.09 Å². The molecule has 0 bridgehead atoms. The fourth-order valence-corrected chi connectivity index (χ4v) is 2.11. The fourth-order valence-electron chi connectivity index (χ4n) is 2.11. The van der Waals surface area contributed by atoms with Crippen molar-refractivity contribution in [2.45, 2.75) is 26.8 Å². The molecule has 1 saturated heterocycles. The second-order valence-electron chi connectivity index (χ2n) is 5.14. The van der Waals surface area contributed by atoms with Gasteiger partial charge >= 0.3 is 6.09 Å². The number of cyclic esters (lactones) is 1. The van der Waals surface area contributed by atoms with Gasteiger partial charge in [-0.25, -0.2) is 9.18 Å². The predicted molar refractivity (Wildman–Crippen MR) is 62.1 cm³/mol. The average Bonchev–Trinajstić information content (AvgIpc) is 2.26. The Morgan fingerprint density at radius 3 is 2.88 bits per heavy atom. The van der Waals surface area contributed by atoms with Crippen molar-refractivity contribution in [2.75, 3.05) is 6.61 Å². The molecule has 1 N–H and O–H groups in total. The molecule has 0 aliphatic carbocycles. The summed E-state index contributed by atoms with van der Waals surface area (Å²) >= 11 is 0. The van der Waals surface area contributed by atoms with Gasteiger partial charge in [-0.2, -0.15) is 0 Å². The topological polar surface area (TPSA) is 38.3 Å². The number of ether oxygens (including phenoxy) is 1. The SMILES string of the molecule is Cc1ccc(F)cc1[C@@H]1NC(=O)OCC1(C)C. The molecule has 1 aliphatic heterocycles. The highest BCUT2D eigenvalue weighted by Gasteiger charge is 2.38. The normalized spacial score (nSPS) is 22.8. The number of carbonyl (C=O) groups excluding carboxylic acids is 1. The van der Waals surface area contributed by atoms with E-state index in [1.165, 1.54) is 12.1 Å². The van der Waals surface area contributed by atoms with E-state index in [0.717, 1.165) is 11.1 Å². The Morgan fingerprint density at radius 1 is 1.47 bits per heavy atom. The van der Waals surface area contributed by atoms with E-state index in [2.05, 4.69) is 5.32 Å². The van der Waals surface area contributed by atoms with Gasteiger partial charge in [0.1, 0.15) is 12.4 Å². The lowest BCUT2D eigenvalue weighted by Crippen LogP contribution is -2.47. The summed E-state index contributed by atoms with van der Waals surface area (Å²) in [5.74, 6) is -0.290. The number of nitrogens with one attached hydrogen (secondary N) is 1. The van der Waals surface area contributed by atoms with Crippen LogP contribution in [0.4, 0.5) is 9.18 Å². The first-order valence-electron chi connectivity index (χ1n) is 5.59. The molecule has 1 heterocycles. The van der Waals surface area contributed by atoms with E-state index < -0.39 is 6.09 Å². The molecule has 92 valence electrons. The van der Waals surface area contributed by atoms with Crippen LogP contribution in [0.3, 0.4) is 0 Å². The van der Waals surface area contributed by atoms with E-state index >= 15 is 0 Å². The van der Waals surface area contributed by atoms with Gasteiger partial charge in [0, 0.05) is 5.41 Å². The van der Waals surface area contributed by atoms with Gasteiger partial charge in [-0.1, -0.05) is 19.9 Å². The third-order valence-corrected chi connectivity index (χ3v) is 3.17. The van der Waals surface area contributed by atoms with Crippen LogP contribution in [-0.2, 0) is 4.74 Å². The zero-order valence-corrected chi connectivity index (χ0v) is 10.2. The molecular weight excluding hydrogens is 221 g/mol. The number of carbonyl (C=O) groups is 1. The van der Waals surface area contributed by atoms with Crippen molar-refractivity contribution in [3.63, 3.8) is 0 Å². The second-order valence-corrected chi connectivity index (χ2v) is 5.14. The number of alkyl carbamates (subject to hydrolysis) is 1. The molecule has 0 saturated carbocycles. The van der Waals surface area contributed by atoms with Crippen LogP contribution in [0.2, 0.25) is 0 Å². The van der Waals surface area contributed by atoms with E-state index in [4.69, 9.17) is 4.74 Å². The maximum atomic E-state index is 13.3. The largest absolute Gasteiger partial charge is 0.449 e. The highest BCUT2D eigenvalue weighted by molar-refractivity contribution is 5.69. The molecule has 0 aromatic heterocycles. The van der Waals surface area contributed by atoms with E-state index in [1.54, 1.807) is 6.07 Å². The first kappa shape index (κ1) is 11.9. The van der Waals surface area contributed by atoms with Crippen LogP contribution in [0.25, 0.3) is 0 Å². The Hall–Kier alpha value is -1.58. The third kappa shape index (κ3) is 2.25. The van der Waals surface area contributed by atoms with Crippen molar-refractivity contribution in [3.8, 4) is 0 Å². The lowest BCUT2D eigenvalue weighted by atomic mass is 9.79. The highest BCUT2D eigenvalue weighted by atomic mass is 19.1. The summed E-state index contributed by atoms with van der Waals surface area (Å²) in [7, 11) is 0. The average molecular weight is 237 g/mol. The van der Waals surface area contributed by atoms with Crippen molar-refractivity contribution in [3.05, 3.63) is 35.1 Å².